The number of hydrogen-bond donors (Lipinski definition) is 2. The molecular weight excluding hydrogens is 488 g/mol. The summed E-state index contributed by atoms with van der Waals surface area (Å²) in [7, 11) is 0. The SMILES string of the molecule is O=C(CSc1nc2scc(-c3ccc4c(c3)CCCC4)c2c(=O)[nH]1)N/N=C/c1ccc(Cl)cc1. The highest BCUT2D eigenvalue weighted by atomic mass is 35.5. The average molecular weight is 509 g/mol. The Morgan fingerprint density at radius 3 is 2.79 bits per heavy atom. The first-order chi connectivity index (χ1) is 16.6. The van der Waals surface area contributed by atoms with E-state index in [1.165, 1.54) is 47.1 Å². The third-order valence-electron chi connectivity index (χ3n) is 5.69. The van der Waals surface area contributed by atoms with Crippen LogP contribution in [0.3, 0.4) is 0 Å². The lowest BCUT2D eigenvalue weighted by molar-refractivity contribution is -0.118. The number of carbonyl (C=O) groups is 1. The monoisotopic (exact) mass is 508 g/mol. The molecule has 4 aromatic rings. The Morgan fingerprint density at radius 1 is 1.18 bits per heavy atom. The highest BCUT2D eigenvalue weighted by molar-refractivity contribution is 7.99. The van der Waals surface area contributed by atoms with E-state index in [2.05, 4.69) is 38.7 Å². The Morgan fingerprint density at radius 2 is 1.97 bits per heavy atom. The first-order valence-corrected chi connectivity index (χ1v) is 13.1. The summed E-state index contributed by atoms with van der Waals surface area (Å²) < 4.78 is 0. The van der Waals surface area contributed by atoms with Crippen molar-refractivity contribution in [1.82, 2.24) is 15.4 Å². The Labute approximate surface area is 209 Å². The number of halogens is 1. The second-order valence-electron chi connectivity index (χ2n) is 8.02. The number of thioether (sulfide) groups is 1. The van der Waals surface area contributed by atoms with Gasteiger partial charge in [-0.3, -0.25) is 9.59 Å². The number of benzene rings is 2. The predicted octanol–water partition coefficient (Wildman–Crippen LogP) is 5.43. The molecule has 0 fully saturated rings. The van der Waals surface area contributed by atoms with Crippen molar-refractivity contribution in [2.75, 3.05) is 5.75 Å². The van der Waals surface area contributed by atoms with Gasteiger partial charge in [-0.15, -0.1) is 11.3 Å². The lowest BCUT2D eigenvalue weighted by Gasteiger charge is -2.16. The number of amides is 1. The van der Waals surface area contributed by atoms with E-state index in [1.807, 2.05) is 5.38 Å². The minimum absolute atomic E-state index is 0.0788. The predicted molar refractivity (Wildman–Crippen MR) is 140 cm³/mol. The summed E-state index contributed by atoms with van der Waals surface area (Å²) in [6.07, 6.45) is 6.21. The van der Waals surface area contributed by atoms with Crippen molar-refractivity contribution in [2.45, 2.75) is 30.8 Å². The maximum Gasteiger partial charge on any atom is 0.260 e. The van der Waals surface area contributed by atoms with E-state index in [0.717, 1.165) is 29.5 Å². The van der Waals surface area contributed by atoms with E-state index in [4.69, 9.17) is 11.6 Å². The molecule has 1 aliphatic rings. The number of nitrogens with zero attached hydrogens (tertiary/aromatic N) is 2. The van der Waals surface area contributed by atoms with Crippen LogP contribution in [0.5, 0.6) is 0 Å². The van der Waals surface area contributed by atoms with Crippen molar-refractivity contribution >= 4 is 57.0 Å². The molecule has 34 heavy (non-hydrogen) atoms. The zero-order valence-corrected chi connectivity index (χ0v) is 20.5. The number of hydrazone groups is 1. The largest absolute Gasteiger partial charge is 0.301 e. The Hall–Kier alpha value is -2.94. The Balaban J connectivity index is 1.27. The first kappa shape index (κ1) is 22.8. The number of thiophene rings is 1. The molecule has 1 aliphatic carbocycles. The molecule has 0 spiro atoms. The quantitative estimate of drug-likeness (QED) is 0.157. The summed E-state index contributed by atoms with van der Waals surface area (Å²) in [6.45, 7) is 0. The summed E-state index contributed by atoms with van der Waals surface area (Å²) in [5.41, 5.74) is 7.86. The van der Waals surface area contributed by atoms with Gasteiger partial charge in [-0.25, -0.2) is 10.4 Å². The van der Waals surface area contributed by atoms with Gasteiger partial charge in [-0.2, -0.15) is 5.10 Å². The van der Waals surface area contributed by atoms with Crippen LogP contribution in [-0.4, -0.2) is 27.8 Å². The van der Waals surface area contributed by atoms with Gasteiger partial charge < -0.3 is 4.98 Å². The molecule has 0 unspecified atom stereocenters. The van der Waals surface area contributed by atoms with E-state index in [0.29, 0.717) is 20.4 Å². The van der Waals surface area contributed by atoms with Crippen LogP contribution < -0.4 is 11.0 Å². The van der Waals surface area contributed by atoms with Crippen LogP contribution in [0.4, 0.5) is 0 Å². The molecule has 0 saturated heterocycles. The molecule has 9 heteroatoms. The van der Waals surface area contributed by atoms with E-state index in [1.54, 1.807) is 30.5 Å². The van der Waals surface area contributed by atoms with Gasteiger partial charge in [0.1, 0.15) is 4.83 Å². The van der Waals surface area contributed by atoms with Crippen molar-refractivity contribution in [3.8, 4) is 11.1 Å². The Kier molecular flexibility index (Phi) is 6.80. The van der Waals surface area contributed by atoms with Gasteiger partial charge in [-0.05, 0) is 60.1 Å². The zero-order chi connectivity index (χ0) is 23.5. The van der Waals surface area contributed by atoms with Crippen LogP contribution in [0.2, 0.25) is 5.02 Å². The minimum Gasteiger partial charge on any atom is -0.301 e. The van der Waals surface area contributed by atoms with Crippen LogP contribution in [-0.2, 0) is 17.6 Å². The third-order valence-corrected chi connectivity index (χ3v) is 7.69. The van der Waals surface area contributed by atoms with Crippen molar-refractivity contribution in [1.29, 1.82) is 0 Å². The second-order valence-corrected chi connectivity index (χ2v) is 10.3. The minimum atomic E-state index is -0.293. The number of hydrogen-bond acceptors (Lipinski definition) is 6. The van der Waals surface area contributed by atoms with Gasteiger partial charge in [0.05, 0.1) is 17.4 Å². The number of rotatable bonds is 6. The van der Waals surface area contributed by atoms with Gasteiger partial charge in [0.25, 0.3) is 11.5 Å². The topological polar surface area (TPSA) is 87.2 Å². The summed E-state index contributed by atoms with van der Waals surface area (Å²) in [4.78, 5) is 33.1. The molecular formula is C25H21ClN4O2S2. The van der Waals surface area contributed by atoms with Gasteiger partial charge in [-0.1, -0.05) is 53.7 Å². The smallest absolute Gasteiger partial charge is 0.260 e. The van der Waals surface area contributed by atoms with Crippen molar-refractivity contribution in [3.63, 3.8) is 0 Å². The van der Waals surface area contributed by atoms with E-state index < -0.39 is 0 Å². The molecule has 5 rings (SSSR count). The van der Waals surface area contributed by atoms with Crippen molar-refractivity contribution < 1.29 is 4.79 Å². The highest BCUT2D eigenvalue weighted by Gasteiger charge is 2.16. The highest BCUT2D eigenvalue weighted by Crippen LogP contribution is 2.34. The normalized spacial score (nSPS) is 13.3. The number of H-pyrrole nitrogens is 1. The number of carbonyl (C=O) groups excluding carboxylic acids is 1. The molecule has 6 nitrogen and oxygen atoms in total. The summed E-state index contributed by atoms with van der Waals surface area (Å²) in [5.74, 6) is -0.214. The second kappa shape index (κ2) is 10.1. The maximum atomic E-state index is 12.9. The maximum absolute atomic E-state index is 12.9. The summed E-state index contributed by atoms with van der Waals surface area (Å²) >= 11 is 8.46. The fourth-order valence-electron chi connectivity index (χ4n) is 4.00. The van der Waals surface area contributed by atoms with Crippen molar-refractivity contribution in [2.24, 2.45) is 5.10 Å². The fourth-order valence-corrected chi connectivity index (χ4v) is 5.79. The van der Waals surface area contributed by atoms with E-state index in [9.17, 15) is 9.59 Å². The average Bonchev–Trinajstić information content (AvgIpc) is 3.28. The zero-order valence-electron chi connectivity index (χ0n) is 18.1. The number of aryl methyl sites for hydroxylation is 2. The molecule has 172 valence electrons. The number of aromatic amines is 1. The molecule has 0 aliphatic heterocycles. The molecule has 0 atom stereocenters. The molecule has 2 aromatic carbocycles. The van der Waals surface area contributed by atoms with Gasteiger partial charge in [0, 0.05) is 16.0 Å². The molecule has 0 bridgehead atoms. The standard InChI is InChI=1S/C25H21ClN4O2S2/c26-19-9-5-15(6-10-19)12-27-30-21(31)14-34-25-28-23(32)22-20(13-33-24(22)29-25)18-8-7-16-3-1-2-4-17(16)11-18/h5-13H,1-4,14H2,(H,30,31)(H,28,29,32)/b27-12+. The van der Waals surface area contributed by atoms with Crippen LogP contribution in [0.25, 0.3) is 21.3 Å². The van der Waals surface area contributed by atoms with Crippen LogP contribution >= 0.6 is 34.7 Å². The summed E-state index contributed by atoms with van der Waals surface area (Å²) in [6, 6.07) is 13.6. The third kappa shape index (κ3) is 5.09. The molecule has 2 heterocycles. The first-order valence-electron chi connectivity index (χ1n) is 10.9. The molecule has 0 radical (unpaired) electrons. The molecule has 2 N–H and O–H groups in total. The molecule has 2 aromatic heterocycles. The van der Waals surface area contributed by atoms with Crippen molar-refractivity contribution in [3.05, 3.63) is 79.9 Å². The van der Waals surface area contributed by atoms with Gasteiger partial charge in [0.2, 0.25) is 0 Å². The number of aromatic nitrogens is 2. The Bertz CT molecular complexity index is 1440. The number of fused-ring (bicyclic) bond motifs is 2. The van der Waals surface area contributed by atoms with Crippen LogP contribution in [0.15, 0.2) is 62.9 Å². The van der Waals surface area contributed by atoms with Gasteiger partial charge in [0.15, 0.2) is 5.16 Å². The summed E-state index contributed by atoms with van der Waals surface area (Å²) in [5, 5.41) is 7.58. The van der Waals surface area contributed by atoms with E-state index >= 15 is 0 Å². The number of nitrogens with one attached hydrogen (secondary N) is 2. The molecule has 1 amide bonds. The van der Waals surface area contributed by atoms with E-state index in [-0.39, 0.29) is 17.2 Å². The molecule has 0 saturated carbocycles. The van der Waals surface area contributed by atoms with Crippen LogP contribution in [0.1, 0.15) is 29.5 Å². The lowest BCUT2D eigenvalue weighted by atomic mass is 9.89. The van der Waals surface area contributed by atoms with Crippen LogP contribution in [0, 0.1) is 0 Å². The fraction of sp³-hybridized carbons (Fsp3) is 0.200. The van der Waals surface area contributed by atoms with Gasteiger partial charge >= 0.3 is 0 Å². The lowest BCUT2D eigenvalue weighted by Crippen LogP contribution is -2.20.